The summed E-state index contributed by atoms with van der Waals surface area (Å²) in [6.45, 7) is 2.38. The average Bonchev–Trinajstić information content (AvgIpc) is 3.31. The summed E-state index contributed by atoms with van der Waals surface area (Å²) in [5.41, 5.74) is 4.89. The summed E-state index contributed by atoms with van der Waals surface area (Å²) in [6.07, 6.45) is 3.42. The third-order valence-electron chi connectivity index (χ3n) is 5.80. The van der Waals surface area contributed by atoms with E-state index in [1.807, 2.05) is 12.1 Å². The van der Waals surface area contributed by atoms with Crippen molar-refractivity contribution in [3.63, 3.8) is 0 Å². The molecule has 4 rings (SSSR count). The van der Waals surface area contributed by atoms with Crippen LogP contribution >= 0.6 is 0 Å². The second-order valence-corrected chi connectivity index (χ2v) is 7.74. The van der Waals surface area contributed by atoms with Gasteiger partial charge in [0.25, 0.3) is 0 Å². The molecule has 27 heavy (non-hydrogen) atoms. The van der Waals surface area contributed by atoms with E-state index >= 15 is 0 Å². The van der Waals surface area contributed by atoms with E-state index in [9.17, 15) is 9.90 Å². The van der Waals surface area contributed by atoms with Crippen molar-refractivity contribution >= 4 is 6.09 Å². The Kier molecular flexibility index (Phi) is 5.17. The van der Waals surface area contributed by atoms with Crippen LogP contribution in [0.2, 0.25) is 0 Å². The van der Waals surface area contributed by atoms with Crippen molar-refractivity contribution in [1.82, 2.24) is 4.90 Å². The van der Waals surface area contributed by atoms with Crippen LogP contribution in [0.3, 0.4) is 0 Å². The first kappa shape index (κ1) is 18.1. The van der Waals surface area contributed by atoms with E-state index in [1.54, 1.807) is 11.8 Å². The van der Waals surface area contributed by atoms with E-state index < -0.39 is 6.10 Å². The number of carbonyl (C=O) groups excluding carboxylic acids is 1. The second kappa shape index (κ2) is 7.73. The molecule has 1 N–H and O–H groups in total. The topological polar surface area (TPSA) is 49.8 Å². The van der Waals surface area contributed by atoms with Crippen molar-refractivity contribution in [3.8, 4) is 11.1 Å². The van der Waals surface area contributed by atoms with Crippen LogP contribution in [0.1, 0.15) is 49.7 Å². The normalized spacial score (nSPS) is 17.4. The van der Waals surface area contributed by atoms with Crippen LogP contribution in [0.15, 0.2) is 48.5 Å². The molecule has 1 fully saturated rings. The monoisotopic (exact) mass is 365 g/mol. The van der Waals surface area contributed by atoms with Gasteiger partial charge in [0, 0.05) is 18.5 Å². The Hall–Kier alpha value is -2.33. The van der Waals surface area contributed by atoms with Crippen molar-refractivity contribution in [2.45, 2.75) is 50.7 Å². The fraction of sp³-hybridized carbons (Fsp3) is 0.435. The van der Waals surface area contributed by atoms with Crippen molar-refractivity contribution in [1.29, 1.82) is 0 Å². The number of hydrogen-bond acceptors (Lipinski definition) is 3. The summed E-state index contributed by atoms with van der Waals surface area (Å²) < 4.78 is 5.79. The molecule has 142 valence electrons. The maximum absolute atomic E-state index is 12.8. The molecular weight excluding hydrogens is 338 g/mol. The third-order valence-corrected chi connectivity index (χ3v) is 5.80. The Morgan fingerprint density at radius 3 is 2.19 bits per heavy atom. The number of benzene rings is 2. The smallest absolute Gasteiger partial charge is 0.410 e. The highest BCUT2D eigenvalue weighted by Crippen LogP contribution is 2.44. The number of rotatable bonds is 5. The minimum absolute atomic E-state index is 0.0679. The number of aliphatic hydroxyl groups excluding tert-OH is 1. The van der Waals surface area contributed by atoms with Gasteiger partial charge in [0.05, 0.1) is 6.10 Å². The Balaban J connectivity index is 1.51. The number of carbonyl (C=O) groups is 1. The lowest BCUT2D eigenvalue weighted by molar-refractivity contribution is 0.0592. The van der Waals surface area contributed by atoms with Gasteiger partial charge in [0.2, 0.25) is 0 Å². The molecule has 2 aliphatic rings. The quantitative estimate of drug-likeness (QED) is 0.845. The SMILES string of the molecule is C[C@H](O)CN(C(=O)OCC1c2ccccc2-c2ccccc21)C1CCCC1. The number of nitrogens with zero attached hydrogens (tertiary/aromatic N) is 1. The van der Waals surface area contributed by atoms with Crippen LogP contribution < -0.4 is 0 Å². The first-order valence-electron chi connectivity index (χ1n) is 9.95. The fourth-order valence-corrected chi connectivity index (χ4v) is 4.55. The van der Waals surface area contributed by atoms with Crippen LogP contribution in [-0.4, -0.2) is 41.4 Å². The van der Waals surface area contributed by atoms with Gasteiger partial charge in [0.15, 0.2) is 0 Å². The lowest BCUT2D eigenvalue weighted by Gasteiger charge is -2.29. The van der Waals surface area contributed by atoms with Gasteiger partial charge >= 0.3 is 6.09 Å². The number of fused-ring (bicyclic) bond motifs is 3. The molecule has 4 heteroatoms. The van der Waals surface area contributed by atoms with Gasteiger partial charge in [0.1, 0.15) is 6.61 Å². The highest BCUT2D eigenvalue weighted by atomic mass is 16.6. The molecule has 1 saturated carbocycles. The number of amides is 1. The zero-order valence-corrected chi connectivity index (χ0v) is 15.8. The summed E-state index contributed by atoms with van der Waals surface area (Å²) in [5, 5.41) is 9.82. The third kappa shape index (κ3) is 3.59. The van der Waals surface area contributed by atoms with Gasteiger partial charge in [-0.3, -0.25) is 0 Å². The Morgan fingerprint density at radius 1 is 1.07 bits per heavy atom. The Bertz CT molecular complexity index is 765. The van der Waals surface area contributed by atoms with Crippen LogP contribution in [0.25, 0.3) is 11.1 Å². The van der Waals surface area contributed by atoms with Crippen LogP contribution in [0, 0.1) is 0 Å². The number of hydrogen-bond donors (Lipinski definition) is 1. The van der Waals surface area contributed by atoms with Crippen LogP contribution in [-0.2, 0) is 4.74 Å². The molecule has 0 unspecified atom stereocenters. The van der Waals surface area contributed by atoms with E-state index in [2.05, 4.69) is 36.4 Å². The van der Waals surface area contributed by atoms with Gasteiger partial charge in [-0.1, -0.05) is 61.4 Å². The maximum atomic E-state index is 12.8. The van der Waals surface area contributed by atoms with E-state index in [1.165, 1.54) is 22.3 Å². The largest absolute Gasteiger partial charge is 0.448 e. The summed E-state index contributed by atoms with van der Waals surface area (Å²) in [6, 6.07) is 16.9. The molecule has 4 nitrogen and oxygen atoms in total. The Morgan fingerprint density at radius 2 is 1.63 bits per heavy atom. The van der Waals surface area contributed by atoms with E-state index in [0.717, 1.165) is 25.7 Å². The van der Waals surface area contributed by atoms with Crippen molar-refractivity contribution < 1.29 is 14.6 Å². The van der Waals surface area contributed by atoms with E-state index in [-0.39, 0.29) is 18.1 Å². The van der Waals surface area contributed by atoms with Crippen molar-refractivity contribution in [2.75, 3.05) is 13.2 Å². The van der Waals surface area contributed by atoms with Crippen LogP contribution in [0.5, 0.6) is 0 Å². The zero-order valence-electron chi connectivity index (χ0n) is 15.8. The molecule has 0 bridgehead atoms. The number of aliphatic hydroxyl groups is 1. The lowest BCUT2D eigenvalue weighted by Crippen LogP contribution is -2.43. The lowest BCUT2D eigenvalue weighted by atomic mass is 9.98. The predicted octanol–water partition coefficient (Wildman–Crippen LogP) is 4.56. The van der Waals surface area contributed by atoms with Crippen LogP contribution in [0.4, 0.5) is 4.79 Å². The minimum atomic E-state index is -0.550. The first-order valence-corrected chi connectivity index (χ1v) is 9.95. The first-order chi connectivity index (χ1) is 13.1. The zero-order chi connectivity index (χ0) is 18.8. The van der Waals surface area contributed by atoms with Gasteiger partial charge in [-0.25, -0.2) is 4.79 Å². The molecule has 2 aromatic carbocycles. The maximum Gasteiger partial charge on any atom is 0.410 e. The van der Waals surface area contributed by atoms with Crippen molar-refractivity contribution in [2.24, 2.45) is 0 Å². The fourth-order valence-electron chi connectivity index (χ4n) is 4.55. The standard InChI is InChI=1S/C23H27NO3/c1-16(25)14-24(17-8-2-3-9-17)23(26)27-15-22-20-12-6-4-10-18(20)19-11-5-7-13-21(19)22/h4-7,10-13,16-17,22,25H,2-3,8-9,14-15H2,1H3/t16-/m0/s1. The molecule has 0 saturated heterocycles. The molecule has 1 amide bonds. The highest BCUT2D eigenvalue weighted by Gasteiger charge is 2.32. The molecule has 2 aliphatic carbocycles. The van der Waals surface area contributed by atoms with Gasteiger partial charge in [-0.2, -0.15) is 0 Å². The van der Waals surface area contributed by atoms with E-state index in [0.29, 0.717) is 13.2 Å². The highest BCUT2D eigenvalue weighted by molar-refractivity contribution is 5.79. The van der Waals surface area contributed by atoms with Crippen molar-refractivity contribution in [3.05, 3.63) is 59.7 Å². The Labute approximate surface area is 160 Å². The molecule has 0 spiro atoms. The molecule has 0 aliphatic heterocycles. The summed E-state index contributed by atoms with van der Waals surface area (Å²) in [7, 11) is 0. The second-order valence-electron chi connectivity index (χ2n) is 7.74. The average molecular weight is 365 g/mol. The van der Waals surface area contributed by atoms with Gasteiger partial charge in [-0.05, 0) is 42.0 Å². The molecule has 0 heterocycles. The predicted molar refractivity (Wildman–Crippen MR) is 106 cm³/mol. The molecular formula is C23H27NO3. The van der Waals surface area contributed by atoms with E-state index in [4.69, 9.17) is 4.74 Å². The summed E-state index contributed by atoms with van der Waals surface area (Å²) in [5.74, 6) is 0.0679. The molecule has 2 aromatic rings. The molecule has 1 atom stereocenters. The summed E-state index contributed by atoms with van der Waals surface area (Å²) >= 11 is 0. The minimum Gasteiger partial charge on any atom is -0.448 e. The molecule has 0 aromatic heterocycles. The number of ether oxygens (including phenoxy) is 1. The van der Waals surface area contributed by atoms with Gasteiger partial charge < -0.3 is 14.7 Å². The molecule has 0 radical (unpaired) electrons. The summed E-state index contributed by atoms with van der Waals surface area (Å²) in [4.78, 5) is 14.6. The van der Waals surface area contributed by atoms with Gasteiger partial charge in [-0.15, -0.1) is 0 Å².